The van der Waals surface area contributed by atoms with Crippen LogP contribution in [-0.4, -0.2) is 142 Å². The highest BCUT2D eigenvalue weighted by atomic mass is 16.7. The van der Waals surface area contributed by atoms with E-state index in [0.717, 1.165) is 116 Å². The smallest absolute Gasteiger partial charge is 0.306 e. The second-order valence-electron chi connectivity index (χ2n) is 18.0. The molecule has 404 valence electrons. The summed E-state index contributed by atoms with van der Waals surface area (Å²) in [6, 6.07) is 0. The molecule has 0 aliphatic carbocycles. The van der Waals surface area contributed by atoms with Crippen LogP contribution in [0.2, 0.25) is 0 Å². The number of carbonyl (C=O) groups excluding carboxylic acids is 1. The number of hydrogen-bond donors (Lipinski definition) is 7. The van der Waals surface area contributed by atoms with Gasteiger partial charge in [0.1, 0.15) is 54.9 Å². The Morgan fingerprint density at radius 3 is 1.44 bits per heavy atom. The molecular formula is C57H92O14. The third-order valence-corrected chi connectivity index (χ3v) is 11.7. The van der Waals surface area contributed by atoms with Gasteiger partial charge in [-0.15, -0.1) is 0 Å². The van der Waals surface area contributed by atoms with E-state index in [2.05, 4.69) is 123 Å². The molecule has 0 aromatic rings. The summed E-state index contributed by atoms with van der Waals surface area (Å²) >= 11 is 0. The van der Waals surface area contributed by atoms with Crippen LogP contribution in [0.1, 0.15) is 142 Å². The average Bonchev–Trinajstić information content (AvgIpc) is 3.37. The predicted molar refractivity (Wildman–Crippen MR) is 279 cm³/mol. The van der Waals surface area contributed by atoms with Crippen LogP contribution in [0.4, 0.5) is 0 Å². The van der Waals surface area contributed by atoms with E-state index in [4.69, 9.17) is 28.4 Å². The number of esters is 1. The van der Waals surface area contributed by atoms with E-state index in [1.807, 2.05) is 0 Å². The average molecular weight is 1000 g/mol. The molecule has 11 unspecified atom stereocenters. The van der Waals surface area contributed by atoms with Gasteiger partial charge < -0.3 is 64.2 Å². The minimum absolute atomic E-state index is 0.0177. The molecular weight excluding hydrogens is 909 g/mol. The van der Waals surface area contributed by atoms with Gasteiger partial charge in [0.15, 0.2) is 12.6 Å². The fourth-order valence-corrected chi connectivity index (χ4v) is 7.48. The SMILES string of the molecule is CC/C=C\C/C=C\C/C=C\C/C=C\C/C=C\C/C=C\C/C=C\CCCCOCC(COC1OC(COC2OC(CO)C(O)C(O)C2O)C(O)C(O)C1O)OC(=O)CCCCCCC/C=C\C/C=C\CCC. The maximum atomic E-state index is 13.0. The summed E-state index contributed by atoms with van der Waals surface area (Å²) in [4.78, 5) is 13.0. The van der Waals surface area contributed by atoms with Crippen LogP contribution in [0.15, 0.2) is 109 Å². The van der Waals surface area contributed by atoms with Gasteiger partial charge >= 0.3 is 5.97 Å². The Morgan fingerprint density at radius 2 is 0.915 bits per heavy atom. The number of aliphatic hydroxyl groups excluding tert-OH is 7. The summed E-state index contributed by atoms with van der Waals surface area (Å²) in [6.07, 6.45) is 41.6. The first-order chi connectivity index (χ1) is 34.6. The molecule has 0 aromatic carbocycles. The van der Waals surface area contributed by atoms with E-state index in [1.165, 1.54) is 0 Å². The fraction of sp³-hybridized carbons (Fsp3) is 0.667. The zero-order valence-corrected chi connectivity index (χ0v) is 42.9. The number of hydrogen-bond acceptors (Lipinski definition) is 14. The topological polar surface area (TPSA) is 214 Å². The van der Waals surface area contributed by atoms with Crippen LogP contribution in [0.3, 0.4) is 0 Å². The zero-order valence-electron chi connectivity index (χ0n) is 42.9. The second-order valence-corrected chi connectivity index (χ2v) is 18.0. The monoisotopic (exact) mass is 1000 g/mol. The van der Waals surface area contributed by atoms with Crippen molar-refractivity contribution in [3.05, 3.63) is 109 Å². The van der Waals surface area contributed by atoms with Gasteiger partial charge in [-0.25, -0.2) is 0 Å². The molecule has 11 atom stereocenters. The lowest BCUT2D eigenvalue weighted by molar-refractivity contribution is -0.332. The van der Waals surface area contributed by atoms with Gasteiger partial charge in [0.2, 0.25) is 0 Å². The van der Waals surface area contributed by atoms with Crippen LogP contribution >= 0.6 is 0 Å². The van der Waals surface area contributed by atoms with Crippen molar-refractivity contribution >= 4 is 5.97 Å². The molecule has 2 aliphatic rings. The van der Waals surface area contributed by atoms with Crippen molar-refractivity contribution in [1.82, 2.24) is 0 Å². The molecule has 0 bridgehead atoms. The molecule has 14 heteroatoms. The van der Waals surface area contributed by atoms with Crippen LogP contribution in [-0.2, 0) is 33.2 Å². The van der Waals surface area contributed by atoms with Gasteiger partial charge in [-0.05, 0) is 96.3 Å². The lowest BCUT2D eigenvalue weighted by atomic mass is 9.98. The number of unbranched alkanes of at least 4 members (excludes halogenated alkanes) is 8. The van der Waals surface area contributed by atoms with Gasteiger partial charge in [0.05, 0.1) is 26.4 Å². The van der Waals surface area contributed by atoms with Crippen LogP contribution < -0.4 is 0 Å². The fourth-order valence-electron chi connectivity index (χ4n) is 7.48. The first-order valence-electron chi connectivity index (χ1n) is 26.5. The number of ether oxygens (including phenoxy) is 6. The van der Waals surface area contributed by atoms with Crippen molar-refractivity contribution in [1.29, 1.82) is 0 Å². The van der Waals surface area contributed by atoms with E-state index in [9.17, 15) is 40.5 Å². The molecule has 2 saturated heterocycles. The minimum Gasteiger partial charge on any atom is -0.457 e. The highest BCUT2D eigenvalue weighted by molar-refractivity contribution is 5.69. The van der Waals surface area contributed by atoms with E-state index < -0.39 is 86.7 Å². The Balaban J connectivity index is 1.77. The predicted octanol–water partition coefficient (Wildman–Crippen LogP) is 8.40. The number of carbonyl (C=O) groups is 1. The van der Waals surface area contributed by atoms with Crippen LogP contribution in [0.5, 0.6) is 0 Å². The number of allylic oxidation sites excluding steroid dienone is 18. The summed E-state index contributed by atoms with van der Waals surface area (Å²) < 4.78 is 34.2. The number of rotatable bonds is 40. The number of aliphatic hydroxyl groups is 7. The van der Waals surface area contributed by atoms with Gasteiger partial charge in [0, 0.05) is 13.0 Å². The summed E-state index contributed by atoms with van der Waals surface area (Å²) in [5, 5.41) is 72.2. The largest absolute Gasteiger partial charge is 0.457 e. The lowest BCUT2D eigenvalue weighted by Crippen LogP contribution is -2.61. The normalized spacial score (nSPS) is 26.2. The third-order valence-electron chi connectivity index (χ3n) is 11.7. The quantitative estimate of drug-likeness (QED) is 0.0175. The summed E-state index contributed by atoms with van der Waals surface area (Å²) in [5.41, 5.74) is 0. The van der Waals surface area contributed by atoms with Crippen molar-refractivity contribution < 1.29 is 69.0 Å². The highest BCUT2D eigenvalue weighted by Gasteiger charge is 2.47. The van der Waals surface area contributed by atoms with Crippen molar-refractivity contribution in [2.24, 2.45) is 0 Å². The van der Waals surface area contributed by atoms with Crippen LogP contribution in [0.25, 0.3) is 0 Å². The second kappa shape index (κ2) is 43.1. The molecule has 0 radical (unpaired) electrons. The Bertz CT molecular complexity index is 1580. The van der Waals surface area contributed by atoms with Gasteiger partial charge in [-0.2, -0.15) is 0 Å². The molecule has 7 N–H and O–H groups in total. The molecule has 0 spiro atoms. The van der Waals surface area contributed by atoms with E-state index >= 15 is 0 Å². The van der Waals surface area contributed by atoms with E-state index in [1.54, 1.807) is 0 Å². The van der Waals surface area contributed by atoms with Crippen molar-refractivity contribution in [3.8, 4) is 0 Å². The zero-order chi connectivity index (χ0) is 51.6. The molecule has 71 heavy (non-hydrogen) atoms. The summed E-state index contributed by atoms with van der Waals surface area (Å²) in [6.45, 7) is 3.33. The van der Waals surface area contributed by atoms with Crippen LogP contribution in [0, 0.1) is 0 Å². The summed E-state index contributed by atoms with van der Waals surface area (Å²) in [7, 11) is 0. The Morgan fingerprint density at radius 1 is 0.479 bits per heavy atom. The van der Waals surface area contributed by atoms with E-state index in [-0.39, 0.29) is 19.6 Å². The first kappa shape index (κ1) is 63.8. The Kier molecular flexibility index (Phi) is 38.7. The molecule has 2 rings (SSSR count). The maximum absolute atomic E-state index is 13.0. The standard InChI is InChI=1S/C57H92O14/c1-3-5-7-9-11-13-15-17-18-19-20-21-22-23-24-25-26-27-29-31-33-35-37-39-41-66-43-46(69-49(59)40-38-36-34-32-30-28-16-14-12-10-8-6-4-2)44-67-56-55(65)53(63)51(61)48(71-56)45-68-57-54(64)52(62)50(60)47(42-58)70-57/h5,7-8,10-11,13-14,16-18,20-21,23-24,26-27,31,33,46-48,50-58,60-65H,3-4,6,9,12,15,19,22,25,28-30,32,34-45H2,1-2H3/b7-5-,10-8-,13-11-,16-14-,18-17-,21-20-,24-23-,27-26-,33-31-. The van der Waals surface area contributed by atoms with Crippen molar-refractivity contribution in [2.75, 3.05) is 33.0 Å². The highest BCUT2D eigenvalue weighted by Crippen LogP contribution is 2.26. The molecule has 0 amide bonds. The minimum atomic E-state index is -1.72. The first-order valence-corrected chi connectivity index (χ1v) is 26.5. The van der Waals surface area contributed by atoms with Gasteiger partial charge in [0.25, 0.3) is 0 Å². The third kappa shape index (κ3) is 30.4. The van der Waals surface area contributed by atoms with E-state index in [0.29, 0.717) is 13.0 Å². The molecule has 0 aromatic heterocycles. The summed E-state index contributed by atoms with van der Waals surface area (Å²) in [5.74, 6) is -0.412. The Hall–Kier alpha value is -3.35. The van der Waals surface area contributed by atoms with Gasteiger partial charge in [-0.3, -0.25) is 4.79 Å². The molecule has 2 aliphatic heterocycles. The maximum Gasteiger partial charge on any atom is 0.306 e. The molecule has 14 nitrogen and oxygen atoms in total. The van der Waals surface area contributed by atoms with Gasteiger partial charge in [-0.1, -0.05) is 149 Å². The van der Waals surface area contributed by atoms with Crippen molar-refractivity contribution in [2.45, 2.75) is 210 Å². The van der Waals surface area contributed by atoms with Crippen molar-refractivity contribution in [3.63, 3.8) is 0 Å². The molecule has 2 fully saturated rings. The Labute approximate surface area is 425 Å². The lowest BCUT2D eigenvalue weighted by Gasteiger charge is -2.42. The molecule has 2 heterocycles. The molecule has 0 saturated carbocycles.